The zero-order valence-electron chi connectivity index (χ0n) is 34.1. The molecule has 4 saturated heterocycles. The summed E-state index contributed by atoms with van der Waals surface area (Å²) in [5.41, 5.74) is -1.08. The van der Waals surface area contributed by atoms with Gasteiger partial charge in [-0.3, -0.25) is 14.4 Å². The third kappa shape index (κ3) is 9.22. The quantitative estimate of drug-likeness (QED) is 0.365. The van der Waals surface area contributed by atoms with Crippen LogP contribution in [0.15, 0.2) is 30.3 Å². The van der Waals surface area contributed by atoms with E-state index in [1.54, 1.807) is 13.8 Å². The molecule has 1 aromatic carbocycles. The second-order valence-corrected chi connectivity index (χ2v) is 17.2. The number of hydrogen-bond acceptors (Lipinski definition) is 12. The summed E-state index contributed by atoms with van der Waals surface area (Å²) in [6.07, 6.45) is -2.29. The lowest BCUT2D eigenvalue weighted by atomic mass is 9.70. The van der Waals surface area contributed by atoms with Gasteiger partial charge in [0, 0.05) is 29.7 Å². The first-order chi connectivity index (χ1) is 25.5. The van der Waals surface area contributed by atoms with Crippen molar-refractivity contribution in [2.24, 2.45) is 29.6 Å². The van der Waals surface area contributed by atoms with Gasteiger partial charge in [-0.1, -0.05) is 58.0 Å². The van der Waals surface area contributed by atoms with Gasteiger partial charge in [0.05, 0.1) is 55.5 Å². The Bertz CT molecular complexity index is 1430. The summed E-state index contributed by atoms with van der Waals surface area (Å²) in [5.74, 6) is -3.78. The summed E-state index contributed by atoms with van der Waals surface area (Å²) < 4.78 is 39.3. The highest BCUT2D eigenvalue weighted by Gasteiger charge is 2.57. The number of cyclic esters (lactones) is 1. The molecule has 15 atom stereocenters. The molecule has 2 N–H and O–H groups in total. The lowest BCUT2D eigenvalue weighted by Gasteiger charge is -2.48. The third-order valence-corrected chi connectivity index (χ3v) is 12.8. The fraction of sp³-hybridized carbons (Fsp3) is 0.786. The smallest absolute Gasteiger partial charge is 0.311 e. The van der Waals surface area contributed by atoms with Crippen LogP contribution in [0.4, 0.5) is 0 Å². The first-order valence-electron chi connectivity index (χ1n) is 20.1. The molecule has 1 aromatic rings. The average Bonchev–Trinajstić information content (AvgIpc) is 3.46. The zero-order valence-corrected chi connectivity index (χ0v) is 34.1. The normalized spacial score (nSPS) is 42.7. The molecule has 12 heteroatoms. The van der Waals surface area contributed by atoms with Crippen molar-refractivity contribution in [2.75, 3.05) is 33.9 Å². The van der Waals surface area contributed by atoms with Crippen LogP contribution in [-0.2, 0) is 49.2 Å². The van der Waals surface area contributed by atoms with Crippen LogP contribution in [0.5, 0.6) is 0 Å². The Hall–Kier alpha value is -2.45. The molecule has 0 aliphatic carbocycles. The molecule has 12 nitrogen and oxygen atoms in total. The third-order valence-electron chi connectivity index (χ3n) is 12.8. The van der Waals surface area contributed by atoms with E-state index in [2.05, 4.69) is 17.4 Å². The second-order valence-electron chi connectivity index (χ2n) is 17.2. The molecular formula is C42H66N2O10. The van der Waals surface area contributed by atoms with Gasteiger partial charge in [-0.15, -0.1) is 0 Å². The number of carbonyl (C=O) groups excluding carboxylic acids is 3. The predicted octanol–water partition coefficient (Wildman–Crippen LogP) is 4.33. The highest BCUT2D eigenvalue weighted by molar-refractivity contribution is 5.85. The fourth-order valence-corrected chi connectivity index (χ4v) is 9.62. The van der Waals surface area contributed by atoms with Crippen molar-refractivity contribution in [3.63, 3.8) is 0 Å². The van der Waals surface area contributed by atoms with E-state index in [1.165, 1.54) is 5.56 Å². The van der Waals surface area contributed by atoms with E-state index in [4.69, 9.17) is 28.4 Å². The number of nitrogens with zero attached hydrogens (tertiary/aromatic N) is 1. The van der Waals surface area contributed by atoms with Crippen LogP contribution in [0.25, 0.3) is 0 Å². The Labute approximate surface area is 322 Å². The van der Waals surface area contributed by atoms with E-state index in [0.717, 1.165) is 6.42 Å². The summed E-state index contributed by atoms with van der Waals surface area (Å²) in [6, 6.07) is 9.77. The molecule has 2 bridgehead atoms. The van der Waals surface area contributed by atoms with Crippen molar-refractivity contribution in [3.8, 4) is 0 Å². The van der Waals surface area contributed by atoms with Gasteiger partial charge in [0.1, 0.15) is 23.6 Å². The number of ketones is 1. The van der Waals surface area contributed by atoms with E-state index >= 15 is 0 Å². The summed E-state index contributed by atoms with van der Waals surface area (Å²) in [6.45, 7) is 16.3. The summed E-state index contributed by atoms with van der Waals surface area (Å²) in [7, 11) is 3.85. The van der Waals surface area contributed by atoms with Crippen molar-refractivity contribution < 1.29 is 47.9 Å². The minimum atomic E-state index is -1.18. The van der Waals surface area contributed by atoms with E-state index in [0.29, 0.717) is 19.4 Å². The van der Waals surface area contributed by atoms with Crippen LogP contribution in [0.1, 0.15) is 86.6 Å². The molecule has 304 valence electrons. The largest absolute Gasteiger partial charge is 0.458 e. The number of carbonyl (C=O) groups is 3. The molecule has 0 amide bonds. The van der Waals surface area contributed by atoms with Crippen LogP contribution in [-0.4, -0.2) is 122 Å². The topological polar surface area (TPSA) is 142 Å². The van der Waals surface area contributed by atoms with Gasteiger partial charge in [-0.05, 0) is 79.6 Å². The number of rotatable bonds is 8. The van der Waals surface area contributed by atoms with Crippen LogP contribution in [0.3, 0.4) is 0 Å². The highest BCUT2D eigenvalue weighted by Crippen LogP contribution is 2.46. The molecular weight excluding hydrogens is 692 g/mol. The molecule has 1 unspecified atom stereocenters. The van der Waals surface area contributed by atoms with Gasteiger partial charge in [-0.2, -0.15) is 0 Å². The van der Waals surface area contributed by atoms with Crippen molar-refractivity contribution in [1.82, 2.24) is 10.2 Å². The van der Waals surface area contributed by atoms with Crippen molar-refractivity contribution >= 4 is 17.7 Å². The number of Topliss-reactive ketones (excluding diaryl/α,β-unsaturated/α-hetero) is 1. The highest BCUT2D eigenvalue weighted by atomic mass is 16.7. The standard InChI is InChI=1S/C42H66N2O10/c1-11-33-42(8)31(20-34(45)54-42)26(4)35(46)24(2)21-41(7)38(53-40-36(47)32(44(9)10)19-25(3)51-40)27(5)37(28(6)39(48)52-33)49-22-30(23-50-41)43-18-17-29-15-13-12-14-16-29/h12-16,24-28,30-33,36-38,40,43,47H,11,17-23H2,1-10H3/t24-,25-,26-,27-,28-,30?,31+,32+,33-,36-,37+,38-,40+,41-,42+/m1/s1. The van der Waals surface area contributed by atoms with Gasteiger partial charge >= 0.3 is 11.9 Å². The summed E-state index contributed by atoms with van der Waals surface area (Å²) in [4.78, 5) is 43.7. The Balaban J connectivity index is 1.57. The molecule has 0 spiro atoms. The summed E-state index contributed by atoms with van der Waals surface area (Å²) in [5, 5.41) is 15.3. The van der Waals surface area contributed by atoms with Crippen LogP contribution >= 0.6 is 0 Å². The van der Waals surface area contributed by atoms with E-state index < -0.39 is 83.4 Å². The lowest BCUT2D eigenvalue weighted by molar-refractivity contribution is -0.302. The second kappa shape index (κ2) is 17.8. The Kier molecular flexibility index (Phi) is 14.1. The monoisotopic (exact) mass is 758 g/mol. The van der Waals surface area contributed by atoms with E-state index in [1.807, 2.05) is 78.7 Å². The molecule has 0 saturated carbocycles. The molecule has 5 rings (SSSR count). The summed E-state index contributed by atoms with van der Waals surface area (Å²) >= 11 is 0. The molecule has 54 heavy (non-hydrogen) atoms. The van der Waals surface area contributed by atoms with Gasteiger partial charge in [0.15, 0.2) is 6.29 Å². The molecule has 0 aromatic heterocycles. The van der Waals surface area contributed by atoms with Gasteiger partial charge in [-0.25, -0.2) is 0 Å². The fourth-order valence-electron chi connectivity index (χ4n) is 9.62. The first-order valence-corrected chi connectivity index (χ1v) is 20.1. The number of esters is 2. The number of benzene rings is 1. The lowest BCUT2D eigenvalue weighted by Crippen LogP contribution is -2.60. The van der Waals surface area contributed by atoms with E-state index in [-0.39, 0.29) is 50.0 Å². The Morgan fingerprint density at radius 3 is 2.37 bits per heavy atom. The molecule has 0 radical (unpaired) electrons. The molecule has 4 fully saturated rings. The Morgan fingerprint density at radius 2 is 1.70 bits per heavy atom. The van der Waals surface area contributed by atoms with Gasteiger partial charge < -0.3 is 43.7 Å². The van der Waals surface area contributed by atoms with Crippen molar-refractivity contribution in [3.05, 3.63) is 35.9 Å². The van der Waals surface area contributed by atoms with Gasteiger partial charge in [0.25, 0.3) is 0 Å². The van der Waals surface area contributed by atoms with Crippen LogP contribution in [0, 0.1) is 29.6 Å². The number of fused-ring (bicyclic) bond motifs is 4. The number of likely N-dealkylation sites (N-methyl/N-ethyl adjacent to an activating group) is 1. The van der Waals surface area contributed by atoms with Crippen LogP contribution in [0.2, 0.25) is 0 Å². The van der Waals surface area contributed by atoms with Crippen LogP contribution < -0.4 is 5.32 Å². The maximum absolute atomic E-state index is 14.5. The number of aliphatic hydroxyl groups excluding tert-OH is 1. The first kappa shape index (κ1) is 42.7. The molecule has 4 heterocycles. The van der Waals surface area contributed by atoms with E-state index in [9.17, 15) is 19.5 Å². The number of aliphatic hydroxyl groups is 1. The Morgan fingerprint density at radius 1 is 1.00 bits per heavy atom. The SMILES string of the molecule is CC[C@H]1OC(=O)[C@H](C)[C@H]2OCC(NCCc3ccccc3)CO[C@](C)(C[C@@H](C)C(=O)[C@H](C)[C@@H]3CC(=O)O[C@]13C)[C@H](O[C@@H]1O[C@H](C)C[C@H](N(C)C)[C@H]1O)[C@@H]2C. The average molecular weight is 759 g/mol. The van der Waals surface area contributed by atoms with Crippen molar-refractivity contribution in [2.45, 2.75) is 148 Å². The maximum Gasteiger partial charge on any atom is 0.311 e. The maximum atomic E-state index is 14.5. The predicted molar refractivity (Wildman–Crippen MR) is 202 cm³/mol. The van der Waals surface area contributed by atoms with Gasteiger partial charge in [0.2, 0.25) is 0 Å². The van der Waals surface area contributed by atoms with Crippen molar-refractivity contribution in [1.29, 1.82) is 0 Å². The molecule has 4 aliphatic heterocycles. The zero-order chi connectivity index (χ0) is 39.5. The number of hydrogen-bond donors (Lipinski definition) is 2. The number of ether oxygens (including phenoxy) is 6. The number of nitrogens with one attached hydrogen (secondary N) is 1. The minimum absolute atomic E-state index is 0.0344. The minimum Gasteiger partial charge on any atom is -0.458 e. The molecule has 4 aliphatic rings.